The van der Waals surface area contributed by atoms with E-state index < -0.39 is 5.97 Å². The first-order valence-electron chi connectivity index (χ1n) is 4.26. The van der Waals surface area contributed by atoms with E-state index >= 15 is 0 Å². The molecule has 4 heteroatoms. The van der Waals surface area contributed by atoms with Crippen molar-refractivity contribution in [2.45, 2.75) is 13.8 Å². The highest BCUT2D eigenvalue weighted by molar-refractivity contribution is 5.91. The molecule has 0 aliphatic rings. The van der Waals surface area contributed by atoms with E-state index in [1.807, 2.05) is 0 Å². The molecule has 0 amide bonds. The topological polar surface area (TPSA) is 66.8 Å². The van der Waals surface area contributed by atoms with Crippen molar-refractivity contribution in [2.75, 3.05) is 6.61 Å². The Kier molecular flexibility index (Phi) is 2.96. The van der Waals surface area contributed by atoms with Crippen LogP contribution in [-0.2, 0) is 0 Å². The lowest BCUT2D eigenvalue weighted by atomic mass is 10.1. The van der Waals surface area contributed by atoms with Gasteiger partial charge in [0.15, 0.2) is 0 Å². The van der Waals surface area contributed by atoms with Crippen molar-refractivity contribution >= 4 is 5.97 Å². The Morgan fingerprint density at radius 3 is 2.64 bits per heavy atom. The van der Waals surface area contributed by atoms with Gasteiger partial charge in [-0.1, -0.05) is 0 Å². The largest absolute Gasteiger partial charge is 0.508 e. The van der Waals surface area contributed by atoms with Crippen LogP contribution in [0.25, 0.3) is 0 Å². The van der Waals surface area contributed by atoms with Crippen LogP contribution in [0.1, 0.15) is 22.8 Å². The number of aromatic hydroxyl groups is 1. The molecule has 2 N–H and O–H groups in total. The molecule has 0 bridgehead atoms. The molecule has 1 aromatic rings. The second kappa shape index (κ2) is 4.00. The number of rotatable bonds is 3. The Hall–Kier alpha value is -1.71. The van der Waals surface area contributed by atoms with Gasteiger partial charge in [0.25, 0.3) is 0 Å². The summed E-state index contributed by atoms with van der Waals surface area (Å²) in [5.41, 5.74) is 0.522. The van der Waals surface area contributed by atoms with Gasteiger partial charge in [0.1, 0.15) is 17.1 Å². The van der Waals surface area contributed by atoms with E-state index in [0.29, 0.717) is 12.2 Å². The minimum absolute atomic E-state index is 0.0402. The summed E-state index contributed by atoms with van der Waals surface area (Å²) >= 11 is 0. The molecule has 1 aromatic carbocycles. The molecule has 0 aliphatic carbocycles. The van der Waals surface area contributed by atoms with Gasteiger partial charge in [0.05, 0.1) is 6.61 Å². The minimum Gasteiger partial charge on any atom is -0.508 e. The number of hydrogen-bond donors (Lipinski definition) is 2. The third kappa shape index (κ3) is 1.79. The summed E-state index contributed by atoms with van der Waals surface area (Å²) < 4.78 is 5.17. The summed E-state index contributed by atoms with van der Waals surface area (Å²) in [5, 5.41) is 18.2. The van der Waals surface area contributed by atoms with Gasteiger partial charge in [-0.2, -0.15) is 0 Å². The number of ether oxygens (including phenoxy) is 1. The molecular formula is C10H12O4. The third-order valence-electron chi connectivity index (χ3n) is 1.90. The highest BCUT2D eigenvalue weighted by Gasteiger charge is 2.15. The fourth-order valence-corrected chi connectivity index (χ4v) is 1.18. The van der Waals surface area contributed by atoms with E-state index in [1.165, 1.54) is 12.1 Å². The molecule has 76 valence electrons. The van der Waals surface area contributed by atoms with Crippen LogP contribution in [-0.4, -0.2) is 22.8 Å². The number of phenols is 1. The predicted octanol–water partition coefficient (Wildman–Crippen LogP) is 1.80. The van der Waals surface area contributed by atoms with Crippen LogP contribution >= 0.6 is 0 Å². The molecule has 1 rings (SSSR count). The molecule has 0 spiro atoms. The van der Waals surface area contributed by atoms with Crippen molar-refractivity contribution in [3.8, 4) is 11.5 Å². The minimum atomic E-state index is -1.06. The average Bonchev–Trinajstić information content (AvgIpc) is 2.13. The maximum absolute atomic E-state index is 10.8. The Balaban J connectivity index is 3.29. The number of aromatic carboxylic acids is 1. The standard InChI is InChI=1S/C10H12O4/c1-3-14-9-6(2)8(11)5-4-7(9)10(12)13/h4-5,11H,3H2,1-2H3,(H,12,13). The monoisotopic (exact) mass is 196 g/mol. The first-order valence-corrected chi connectivity index (χ1v) is 4.26. The van der Waals surface area contributed by atoms with Gasteiger partial charge in [-0.15, -0.1) is 0 Å². The van der Waals surface area contributed by atoms with Gasteiger partial charge in [-0.05, 0) is 26.0 Å². The first kappa shape index (κ1) is 10.4. The van der Waals surface area contributed by atoms with Crippen LogP contribution in [0.5, 0.6) is 11.5 Å². The second-order valence-electron chi connectivity index (χ2n) is 2.82. The highest BCUT2D eigenvalue weighted by atomic mass is 16.5. The van der Waals surface area contributed by atoms with Gasteiger partial charge in [0, 0.05) is 5.56 Å². The Morgan fingerprint density at radius 1 is 1.50 bits per heavy atom. The Morgan fingerprint density at radius 2 is 2.14 bits per heavy atom. The Bertz CT molecular complexity index is 357. The number of benzene rings is 1. The molecular weight excluding hydrogens is 184 g/mol. The first-order chi connectivity index (χ1) is 6.57. The molecule has 0 radical (unpaired) electrons. The number of carboxylic acids is 1. The van der Waals surface area contributed by atoms with Crippen LogP contribution in [0.15, 0.2) is 12.1 Å². The van der Waals surface area contributed by atoms with Gasteiger partial charge in [0.2, 0.25) is 0 Å². The van der Waals surface area contributed by atoms with Crippen molar-refractivity contribution in [3.63, 3.8) is 0 Å². The molecule has 0 aliphatic heterocycles. The molecule has 0 unspecified atom stereocenters. The summed E-state index contributed by atoms with van der Waals surface area (Å²) in [6, 6.07) is 2.68. The van der Waals surface area contributed by atoms with E-state index in [1.54, 1.807) is 13.8 Å². The quantitative estimate of drug-likeness (QED) is 0.773. The third-order valence-corrected chi connectivity index (χ3v) is 1.90. The number of carbonyl (C=O) groups is 1. The van der Waals surface area contributed by atoms with E-state index in [0.717, 1.165) is 0 Å². The number of hydrogen-bond acceptors (Lipinski definition) is 3. The smallest absolute Gasteiger partial charge is 0.339 e. The summed E-state index contributed by atoms with van der Waals surface area (Å²) in [6.07, 6.45) is 0. The SMILES string of the molecule is CCOc1c(C(=O)O)ccc(O)c1C. The zero-order chi connectivity index (χ0) is 10.7. The van der Waals surface area contributed by atoms with Crippen molar-refractivity contribution in [1.29, 1.82) is 0 Å². The van der Waals surface area contributed by atoms with Crippen LogP contribution in [0.4, 0.5) is 0 Å². The maximum Gasteiger partial charge on any atom is 0.339 e. The van der Waals surface area contributed by atoms with Crippen molar-refractivity contribution in [3.05, 3.63) is 23.3 Å². The normalized spacial score (nSPS) is 9.86. The van der Waals surface area contributed by atoms with Crippen molar-refractivity contribution in [2.24, 2.45) is 0 Å². The molecule has 14 heavy (non-hydrogen) atoms. The molecule has 0 atom stereocenters. The molecule has 0 heterocycles. The second-order valence-corrected chi connectivity index (χ2v) is 2.82. The van der Waals surface area contributed by atoms with E-state index in [4.69, 9.17) is 9.84 Å². The zero-order valence-corrected chi connectivity index (χ0v) is 8.07. The molecule has 0 fully saturated rings. The molecule has 0 saturated heterocycles. The lowest BCUT2D eigenvalue weighted by Gasteiger charge is -2.11. The highest BCUT2D eigenvalue weighted by Crippen LogP contribution is 2.30. The zero-order valence-electron chi connectivity index (χ0n) is 8.07. The summed E-state index contributed by atoms with van der Waals surface area (Å²) in [4.78, 5) is 10.8. The Labute approximate surface area is 81.8 Å². The fraction of sp³-hybridized carbons (Fsp3) is 0.300. The van der Waals surface area contributed by atoms with Crippen molar-refractivity contribution in [1.82, 2.24) is 0 Å². The maximum atomic E-state index is 10.8. The molecule has 0 aromatic heterocycles. The number of phenolic OH excluding ortho intramolecular Hbond substituents is 1. The van der Waals surface area contributed by atoms with Crippen LogP contribution in [0, 0.1) is 6.92 Å². The molecule has 0 saturated carbocycles. The molecule has 4 nitrogen and oxygen atoms in total. The van der Waals surface area contributed by atoms with E-state index in [-0.39, 0.29) is 17.1 Å². The van der Waals surface area contributed by atoms with Crippen molar-refractivity contribution < 1.29 is 19.7 Å². The summed E-state index contributed by atoms with van der Waals surface area (Å²) in [6.45, 7) is 3.74. The predicted molar refractivity (Wildman–Crippen MR) is 51.0 cm³/mol. The summed E-state index contributed by atoms with van der Waals surface area (Å²) in [7, 11) is 0. The van der Waals surface area contributed by atoms with Crippen LogP contribution in [0.3, 0.4) is 0 Å². The summed E-state index contributed by atoms with van der Waals surface area (Å²) in [5.74, 6) is -0.782. The lowest BCUT2D eigenvalue weighted by Crippen LogP contribution is -2.04. The van der Waals surface area contributed by atoms with Gasteiger partial charge < -0.3 is 14.9 Å². The van der Waals surface area contributed by atoms with Gasteiger partial charge >= 0.3 is 5.97 Å². The number of carboxylic acid groups (broad SMARTS) is 1. The lowest BCUT2D eigenvalue weighted by molar-refractivity contribution is 0.0692. The van der Waals surface area contributed by atoms with Crippen LogP contribution < -0.4 is 4.74 Å². The van der Waals surface area contributed by atoms with E-state index in [2.05, 4.69) is 0 Å². The van der Waals surface area contributed by atoms with Gasteiger partial charge in [-0.3, -0.25) is 0 Å². The van der Waals surface area contributed by atoms with Crippen LogP contribution in [0.2, 0.25) is 0 Å². The fourth-order valence-electron chi connectivity index (χ4n) is 1.18. The van der Waals surface area contributed by atoms with Gasteiger partial charge in [-0.25, -0.2) is 4.79 Å². The van der Waals surface area contributed by atoms with E-state index in [9.17, 15) is 9.90 Å². The average molecular weight is 196 g/mol.